The van der Waals surface area contributed by atoms with Crippen molar-refractivity contribution in [1.82, 2.24) is 15.0 Å². The summed E-state index contributed by atoms with van der Waals surface area (Å²) in [4.78, 5) is 19.6. The number of aryl methyl sites for hydroxylation is 3. The van der Waals surface area contributed by atoms with Crippen LogP contribution >= 0.6 is 11.3 Å². The minimum absolute atomic E-state index is 0.0713. The van der Waals surface area contributed by atoms with E-state index < -0.39 is 10.0 Å². The third-order valence-electron chi connectivity index (χ3n) is 5.36. The van der Waals surface area contributed by atoms with Crippen molar-refractivity contribution in [2.45, 2.75) is 44.9 Å². The van der Waals surface area contributed by atoms with Crippen LogP contribution in [0.25, 0.3) is 10.7 Å². The van der Waals surface area contributed by atoms with Crippen molar-refractivity contribution >= 4 is 33.0 Å². The average Bonchev–Trinajstić information content (AvgIpc) is 3.49. The van der Waals surface area contributed by atoms with E-state index >= 15 is 0 Å². The Bertz CT molecular complexity index is 1220. The molecule has 31 heavy (non-hydrogen) atoms. The molecule has 1 aliphatic rings. The monoisotopic (exact) mass is 460 g/mol. The third-order valence-corrected chi connectivity index (χ3v) is 8.01. The third kappa shape index (κ3) is 4.22. The molecule has 1 amide bonds. The van der Waals surface area contributed by atoms with Crippen molar-refractivity contribution in [3.05, 3.63) is 46.2 Å². The first-order valence-electron chi connectivity index (χ1n) is 10.1. The van der Waals surface area contributed by atoms with Crippen molar-refractivity contribution in [2.75, 3.05) is 17.8 Å². The minimum atomic E-state index is -3.81. The number of thiophene rings is 1. The van der Waals surface area contributed by atoms with Gasteiger partial charge in [0.2, 0.25) is 5.82 Å². The summed E-state index contributed by atoms with van der Waals surface area (Å²) in [7, 11) is -3.81. The SMILES string of the molecule is CCc1cccc(C)c1NS(=O)(=O)c1cc(-c2noc(C(=O)N3CCCC3)n2)sc1C. The van der Waals surface area contributed by atoms with Gasteiger partial charge in [-0.3, -0.25) is 9.52 Å². The predicted octanol–water partition coefficient (Wildman–Crippen LogP) is 4.01. The number of hydrogen-bond donors (Lipinski definition) is 1. The lowest BCUT2D eigenvalue weighted by molar-refractivity contribution is 0.0743. The van der Waals surface area contributed by atoms with Crippen LogP contribution in [0.3, 0.4) is 0 Å². The Hall–Kier alpha value is -2.72. The Morgan fingerprint density at radius 1 is 1.26 bits per heavy atom. The number of benzene rings is 1. The van der Waals surface area contributed by atoms with E-state index in [1.165, 1.54) is 17.4 Å². The van der Waals surface area contributed by atoms with E-state index in [1.54, 1.807) is 11.8 Å². The van der Waals surface area contributed by atoms with Crippen molar-refractivity contribution < 1.29 is 17.7 Å². The van der Waals surface area contributed by atoms with E-state index in [0.29, 0.717) is 35.0 Å². The number of carbonyl (C=O) groups is 1. The smallest absolute Gasteiger partial charge is 0.316 e. The van der Waals surface area contributed by atoms with Crippen molar-refractivity contribution in [3.63, 3.8) is 0 Å². The summed E-state index contributed by atoms with van der Waals surface area (Å²) in [6.07, 6.45) is 2.64. The van der Waals surface area contributed by atoms with Gasteiger partial charge in [0.1, 0.15) is 4.90 Å². The van der Waals surface area contributed by atoms with Gasteiger partial charge in [0.25, 0.3) is 10.0 Å². The van der Waals surface area contributed by atoms with Crippen LogP contribution in [0.2, 0.25) is 0 Å². The maximum Gasteiger partial charge on any atom is 0.316 e. The molecule has 0 unspecified atom stereocenters. The zero-order chi connectivity index (χ0) is 22.2. The Morgan fingerprint density at radius 3 is 2.71 bits per heavy atom. The van der Waals surface area contributed by atoms with Crippen LogP contribution in [0.4, 0.5) is 5.69 Å². The zero-order valence-corrected chi connectivity index (χ0v) is 19.3. The average molecular weight is 461 g/mol. The minimum Gasteiger partial charge on any atom is -0.334 e. The highest BCUT2D eigenvalue weighted by molar-refractivity contribution is 7.93. The molecule has 2 aromatic heterocycles. The first-order chi connectivity index (χ1) is 14.8. The van der Waals surface area contributed by atoms with Crippen LogP contribution in [-0.4, -0.2) is 42.5 Å². The molecule has 0 spiro atoms. The van der Waals surface area contributed by atoms with E-state index in [-0.39, 0.29) is 22.5 Å². The lowest BCUT2D eigenvalue weighted by Crippen LogP contribution is -2.27. The molecule has 0 atom stereocenters. The molecular weight excluding hydrogens is 436 g/mol. The number of amides is 1. The molecule has 3 heterocycles. The fourth-order valence-corrected chi connectivity index (χ4v) is 6.36. The zero-order valence-electron chi connectivity index (χ0n) is 17.6. The topological polar surface area (TPSA) is 105 Å². The molecule has 1 saturated heterocycles. The number of anilines is 1. The molecule has 0 bridgehead atoms. The number of sulfonamides is 1. The van der Waals surface area contributed by atoms with E-state index in [0.717, 1.165) is 24.0 Å². The van der Waals surface area contributed by atoms with Crippen LogP contribution in [0.15, 0.2) is 33.7 Å². The Labute approximate surface area is 185 Å². The van der Waals surface area contributed by atoms with Gasteiger partial charge < -0.3 is 9.42 Å². The van der Waals surface area contributed by atoms with Crippen LogP contribution in [0.5, 0.6) is 0 Å². The molecule has 10 heteroatoms. The first-order valence-corrected chi connectivity index (χ1v) is 12.4. The summed E-state index contributed by atoms with van der Waals surface area (Å²) in [5, 5.41) is 3.90. The number of aromatic nitrogens is 2. The normalized spacial score (nSPS) is 14.2. The van der Waals surface area contributed by atoms with Crippen LogP contribution in [0, 0.1) is 13.8 Å². The highest BCUT2D eigenvalue weighted by atomic mass is 32.2. The second kappa shape index (κ2) is 8.43. The summed E-state index contributed by atoms with van der Waals surface area (Å²) >= 11 is 1.25. The number of para-hydroxylation sites is 1. The van der Waals surface area contributed by atoms with Gasteiger partial charge in [-0.05, 0) is 50.3 Å². The highest BCUT2D eigenvalue weighted by Gasteiger charge is 2.27. The van der Waals surface area contributed by atoms with E-state index in [4.69, 9.17) is 4.52 Å². The summed E-state index contributed by atoms with van der Waals surface area (Å²) < 4.78 is 34.2. The fourth-order valence-electron chi connectivity index (χ4n) is 3.67. The lowest BCUT2D eigenvalue weighted by Gasteiger charge is -2.14. The van der Waals surface area contributed by atoms with Gasteiger partial charge in [-0.15, -0.1) is 11.3 Å². The molecule has 0 aliphatic carbocycles. The van der Waals surface area contributed by atoms with Gasteiger partial charge in [-0.1, -0.05) is 30.3 Å². The standard InChI is InChI=1S/C21H24N4O4S2/c1-4-15-9-7-8-13(2)18(15)24-31(27,28)17-12-16(30-14(17)3)19-22-20(29-23-19)21(26)25-10-5-6-11-25/h7-9,12,24H,4-6,10-11H2,1-3H3. The largest absolute Gasteiger partial charge is 0.334 e. The van der Waals surface area contributed by atoms with Crippen molar-refractivity contribution in [1.29, 1.82) is 0 Å². The van der Waals surface area contributed by atoms with Gasteiger partial charge in [-0.25, -0.2) is 8.42 Å². The number of nitrogens with zero attached hydrogens (tertiary/aromatic N) is 3. The molecule has 1 fully saturated rings. The Morgan fingerprint density at radius 2 is 2.00 bits per heavy atom. The number of rotatable bonds is 6. The molecule has 3 aromatic rings. The maximum atomic E-state index is 13.1. The first kappa shape index (κ1) is 21.5. The number of likely N-dealkylation sites (tertiary alicyclic amines) is 1. The molecular formula is C21H24N4O4S2. The molecule has 1 aromatic carbocycles. The number of hydrogen-bond acceptors (Lipinski definition) is 7. The number of nitrogens with one attached hydrogen (secondary N) is 1. The fraction of sp³-hybridized carbons (Fsp3) is 0.381. The van der Waals surface area contributed by atoms with Crippen molar-refractivity contribution in [2.24, 2.45) is 0 Å². The maximum absolute atomic E-state index is 13.1. The second-order valence-corrected chi connectivity index (χ2v) is 10.4. The summed E-state index contributed by atoms with van der Waals surface area (Å²) in [6, 6.07) is 7.23. The van der Waals surface area contributed by atoms with Crippen LogP contribution < -0.4 is 4.72 Å². The molecule has 4 rings (SSSR count). The van der Waals surface area contributed by atoms with Crippen molar-refractivity contribution in [3.8, 4) is 10.7 Å². The second-order valence-electron chi connectivity index (χ2n) is 7.52. The number of carbonyl (C=O) groups excluding carboxylic acids is 1. The summed E-state index contributed by atoms with van der Waals surface area (Å²) in [6.45, 7) is 6.96. The van der Waals surface area contributed by atoms with Crippen LogP contribution in [0.1, 0.15) is 46.5 Å². The summed E-state index contributed by atoms with van der Waals surface area (Å²) in [5.41, 5.74) is 2.40. The van der Waals surface area contributed by atoms with Gasteiger partial charge in [0.15, 0.2) is 0 Å². The summed E-state index contributed by atoms with van der Waals surface area (Å²) in [5.74, 6) is -0.147. The van der Waals surface area contributed by atoms with E-state index in [1.807, 2.05) is 32.0 Å². The van der Waals surface area contributed by atoms with Crippen LogP contribution in [-0.2, 0) is 16.4 Å². The van der Waals surface area contributed by atoms with E-state index in [9.17, 15) is 13.2 Å². The lowest BCUT2D eigenvalue weighted by atomic mass is 10.1. The van der Waals surface area contributed by atoms with E-state index in [2.05, 4.69) is 14.9 Å². The van der Waals surface area contributed by atoms with Gasteiger partial charge in [-0.2, -0.15) is 4.98 Å². The van der Waals surface area contributed by atoms with Gasteiger partial charge in [0.05, 0.1) is 10.6 Å². The molecule has 0 radical (unpaired) electrons. The molecule has 1 aliphatic heterocycles. The molecule has 0 saturated carbocycles. The van der Waals surface area contributed by atoms with Gasteiger partial charge >= 0.3 is 11.8 Å². The Kier molecular flexibility index (Phi) is 5.85. The Balaban J connectivity index is 1.61. The molecule has 164 valence electrons. The molecule has 1 N–H and O–H groups in total. The quantitative estimate of drug-likeness (QED) is 0.596. The van der Waals surface area contributed by atoms with Gasteiger partial charge in [0, 0.05) is 18.0 Å². The molecule has 8 nitrogen and oxygen atoms in total. The highest BCUT2D eigenvalue weighted by Crippen LogP contribution is 2.34. The predicted molar refractivity (Wildman–Crippen MR) is 119 cm³/mol.